The zero-order valence-electron chi connectivity index (χ0n) is 10.7. The van der Waals surface area contributed by atoms with Crippen LogP contribution in [0.4, 0.5) is 0 Å². The van der Waals surface area contributed by atoms with Crippen molar-refractivity contribution in [2.45, 2.75) is 20.3 Å². The van der Waals surface area contributed by atoms with Gasteiger partial charge in [0.05, 0.1) is 0 Å². The standard InChI is InChI=1S/C16H21N/c1-5-7-9-16(8-6-2)17-14(4)15-11-10-13(3)12-15/h6-13,17H,2,4-5H2,1,3H3/b9-7-,16-8+. The number of hydrogen-bond donors (Lipinski definition) is 1. The molecule has 0 amide bonds. The molecule has 0 fully saturated rings. The molecule has 1 rings (SSSR count). The lowest BCUT2D eigenvalue weighted by molar-refractivity contribution is 0.949. The highest BCUT2D eigenvalue weighted by molar-refractivity contribution is 5.44. The van der Waals surface area contributed by atoms with E-state index in [2.05, 4.69) is 62.7 Å². The van der Waals surface area contributed by atoms with Gasteiger partial charge in [-0.15, -0.1) is 0 Å². The van der Waals surface area contributed by atoms with Crippen molar-refractivity contribution in [2.24, 2.45) is 5.92 Å². The second-order valence-electron chi connectivity index (χ2n) is 4.11. The Kier molecular flexibility index (Phi) is 5.28. The van der Waals surface area contributed by atoms with E-state index < -0.39 is 0 Å². The van der Waals surface area contributed by atoms with Crippen LogP contribution in [0.5, 0.6) is 0 Å². The summed E-state index contributed by atoms with van der Waals surface area (Å²) >= 11 is 0. The van der Waals surface area contributed by atoms with Crippen LogP contribution < -0.4 is 5.32 Å². The minimum Gasteiger partial charge on any atom is -0.356 e. The van der Waals surface area contributed by atoms with Crippen molar-refractivity contribution in [1.29, 1.82) is 0 Å². The van der Waals surface area contributed by atoms with E-state index >= 15 is 0 Å². The van der Waals surface area contributed by atoms with Crippen LogP contribution >= 0.6 is 0 Å². The molecule has 0 aromatic carbocycles. The number of nitrogens with one attached hydrogen (secondary N) is 1. The summed E-state index contributed by atoms with van der Waals surface area (Å²) in [5.74, 6) is 0.501. The quantitative estimate of drug-likeness (QED) is 0.669. The van der Waals surface area contributed by atoms with E-state index in [0.717, 1.165) is 23.4 Å². The molecule has 0 saturated heterocycles. The SMILES string of the molecule is C=C/C=C(\C=C/CC)NC(=C)C1=CC(C)C=C1. The molecule has 0 spiro atoms. The monoisotopic (exact) mass is 227 g/mol. The maximum absolute atomic E-state index is 4.06. The van der Waals surface area contributed by atoms with Gasteiger partial charge >= 0.3 is 0 Å². The Bertz CT molecular complexity index is 405. The molecule has 1 N–H and O–H groups in total. The van der Waals surface area contributed by atoms with Gasteiger partial charge in [-0.2, -0.15) is 0 Å². The molecule has 0 aromatic rings. The Morgan fingerprint density at radius 2 is 2.29 bits per heavy atom. The first-order chi connectivity index (χ1) is 8.17. The average Bonchev–Trinajstić information content (AvgIpc) is 2.73. The Morgan fingerprint density at radius 3 is 2.82 bits per heavy atom. The fraction of sp³-hybridized carbons (Fsp3) is 0.250. The summed E-state index contributed by atoms with van der Waals surface area (Å²) in [5, 5.41) is 3.30. The summed E-state index contributed by atoms with van der Waals surface area (Å²) < 4.78 is 0. The van der Waals surface area contributed by atoms with Gasteiger partial charge in [0.25, 0.3) is 0 Å². The van der Waals surface area contributed by atoms with Crippen molar-refractivity contribution in [2.75, 3.05) is 0 Å². The number of allylic oxidation sites excluding steroid dienone is 7. The lowest BCUT2D eigenvalue weighted by atomic mass is 10.2. The predicted octanol–water partition coefficient (Wildman–Crippen LogP) is 4.26. The summed E-state index contributed by atoms with van der Waals surface area (Å²) in [6.07, 6.45) is 15.4. The smallest absolute Gasteiger partial charge is 0.0381 e. The van der Waals surface area contributed by atoms with Crippen molar-refractivity contribution in [3.05, 3.63) is 72.7 Å². The molecule has 1 aliphatic rings. The van der Waals surface area contributed by atoms with Crippen molar-refractivity contribution in [1.82, 2.24) is 5.32 Å². The molecule has 1 aliphatic carbocycles. The van der Waals surface area contributed by atoms with Crippen molar-refractivity contribution >= 4 is 0 Å². The van der Waals surface area contributed by atoms with Crippen LogP contribution in [-0.4, -0.2) is 0 Å². The summed E-state index contributed by atoms with van der Waals surface area (Å²) in [6, 6.07) is 0. The van der Waals surface area contributed by atoms with Crippen molar-refractivity contribution in [3.63, 3.8) is 0 Å². The first kappa shape index (κ1) is 13.3. The second-order valence-corrected chi connectivity index (χ2v) is 4.11. The molecule has 1 unspecified atom stereocenters. The molecule has 90 valence electrons. The van der Waals surface area contributed by atoms with Gasteiger partial charge < -0.3 is 5.32 Å². The Balaban J connectivity index is 2.68. The Labute approximate surface area is 105 Å². The zero-order valence-corrected chi connectivity index (χ0v) is 10.7. The summed E-state index contributed by atoms with van der Waals surface area (Å²) in [7, 11) is 0. The maximum atomic E-state index is 4.06. The molecule has 0 aromatic heterocycles. The lowest BCUT2D eigenvalue weighted by Crippen LogP contribution is -2.11. The highest BCUT2D eigenvalue weighted by Gasteiger charge is 2.07. The van der Waals surface area contributed by atoms with Gasteiger partial charge in [-0.3, -0.25) is 0 Å². The normalized spacial score (nSPS) is 19.5. The van der Waals surface area contributed by atoms with Crippen LogP contribution in [0.2, 0.25) is 0 Å². The molecular weight excluding hydrogens is 206 g/mol. The van der Waals surface area contributed by atoms with E-state index in [0.29, 0.717) is 5.92 Å². The predicted molar refractivity (Wildman–Crippen MR) is 76.4 cm³/mol. The topological polar surface area (TPSA) is 12.0 Å². The van der Waals surface area contributed by atoms with Gasteiger partial charge in [0.15, 0.2) is 0 Å². The third kappa shape index (κ3) is 4.31. The molecule has 0 saturated carbocycles. The van der Waals surface area contributed by atoms with Crippen LogP contribution in [0.3, 0.4) is 0 Å². The fourth-order valence-corrected chi connectivity index (χ4v) is 1.61. The molecule has 0 radical (unpaired) electrons. The first-order valence-electron chi connectivity index (χ1n) is 6.03. The summed E-state index contributed by atoms with van der Waals surface area (Å²) in [6.45, 7) is 12.1. The molecule has 0 bridgehead atoms. The van der Waals surface area contributed by atoms with Crippen LogP contribution in [0.25, 0.3) is 0 Å². The third-order valence-corrected chi connectivity index (χ3v) is 2.50. The fourth-order valence-electron chi connectivity index (χ4n) is 1.61. The highest BCUT2D eigenvalue weighted by Crippen LogP contribution is 2.20. The minimum absolute atomic E-state index is 0.501. The van der Waals surface area contributed by atoms with E-state index in [1.807, 2.05) is 6.08 Å². The molecular formula is C16H21N. The average molecular weight is 227 g/mol. The van der Waals surface area contributed by atoms with Gasteiger partial charge in [0, 0.05) is 11.4 Å². The van der Waals surface area contributed by atoms with Crippen molar-refractivity contribution < 1.29 is 0 Å². The zero-order chi connectivity index (χ0) is 12.7. The van der Waals surface area contributed by atoms with E-state index in [4.69, 9.17) is 0 Å². The highest BCUT2D eigenvalue weighted by atomic mass is 14.9. The molecule has 1 nitrogen and oxygen atoms in total. The van der Waals surface area contributed by atoms with Gasteiger partial charge in [-0.25, -0.2) is 0 Å². The maximum Gasteiger partial charge on any atom is 0.0381 e. The van der Waals surface area contributed by atoms with E-state index in [9.17, 15) is 0 Å². The van der Waals surface area contributed by atoms with Gasteiger partial charge in [-0.1, -0.05) is 57.4 Å². The van der Waals surface area contributed by atoms with E-state index in [-0.39, 0.29) is 0 Å². The van der Waals surface area contributed by atoms with E-state index in [1.54, 1.807) is 6.08 Å². The van der Waals surface area contributed by atoms with E-state index in [1.165, 1.54) is 0 Å². The largest absolute Gasteiger partial charge is 0.356 e. The second kappa shape index (κ2) is 6.74. The minimum atomic E-state index is 0.501. The van der Waals surface area contributed by atoms with Crippen LogP contribution in [0.15, 0.2) is 72.7 Å². The number of hydrogen-bond acceptors (Lipinski definition) is 1. The van der Waals surface area contributed by atoms with Crippen molar-refractivity contribution in [3.8, 4) is 0 Å². The Hall–Kier alpha value is -1.76. The summed E-state index contributed by atoms with van der Waals surface area (Å²) in [4.78, 5) is 0. The van der Waals surface area contributed by atoms with Crippen LogP contribution in [0, 0.1) is 5.92 Å². The molecule has 0 aliphatic heterocycles. The molecule has 0 heterocycles. The Morgan fingerprint density at radius 1 is 1.53 bits per heavy atom. The lowest BCUT2D eigenvalue weighted by Gasteiger charge is -2.10. The molecule has 1 heteroatoms. The molecule has 17 heavy (non-hydrogen) atoms. The van der Waals surface area contributed by atoms with Gasteiger partial charge in [0.1, 0.15) is 0 Å². The van der Waals surface area contributed by atoms with Gasteiger partial charge in [-0.05, 0) is 30.1 Å². The first-order valence-corrected chi connectivity index (χ1v) is 6.03. The number of rotatable bonds is 6. The van der Waals surface area contributed by atoms with Crippen LogP contribution in [-0.2, 0) is 0 Å². The third-order valence-electron chi connectivity index (χ3n) is 2.50. The summed E-state index contributed by atoms with van der Waals surface area (Å²) in [5.41, 5.74) is 3.11. The molecule has 1 atom stereocenters. The van der Waals surface area contributed by atoms with Crippen LogP contribution in [0.1, 0.15) is 20.3 Å². The van der Waals surface area contributed by atoms with Gasteiger partial charge in [0.2, 0.25) is 0 Å².